The van der Waals surface area contributed by atoms with Crippen LogP contribution in [-0.2, 0) is 0 Å². The third-order valence-corrected chi connectivity index (χ3v) is 3.42. The summed E-state index contributed by atoms with van der Waals surface area (Å²) in [4.78, 5) is 2.54. The highest BCUT2D eigenvalue weighted by Gasteiger charge is 2.26. The molecule has 2 nitrogen and oxygen atoms in total. The molecule has 2 heteroatoms. The van der Waals surface area contributed by atoms with Gasteiger partial charge in [0.15, 0.2) is 0 Å². The van der Waals surface area contributed by atoms with E-state index in [2.05, 4.69) is 32.6 Å². The SMILES string of the molecule is CC(C)CN1CCC(C(O)C(C)C)CC1. The number of piperidine rings is 1. The average molecular weight is 213 g/mol. The highest BCUT2D eigenvalue weighted by Crippen LogP contribution is 2.24. The first kappa shape index (κ1) is 13.0. The lowest BCUT2D eigenvalue weighted by atomic mass is 9.85. The van der Waals surface area contributed by atoms with Gasteiger partial charge in [-0.15, -0.1) is 0 Å². The molecule has 0 aromatic heterocycles. The molecule has 1 saturated heterocycles. The molecule has 0 radical (unpaired) electrons. The van der Waals surface area contributed by atoms with Crippen LogP contribution < -0.4 is 0 Å². The fourth-order valence-electron chi connectivity index (χ4n) is 2.54. The van der Waals surface area contributed by atoms with Gasteiger partial charge in [-0.1, -0.05) is 27.7 Å². The van der Waals surface area contributed by atoms with E-state index in [0.29, 0.717) is 11.8 Å². The summed E-state index contributed by atoms with van der Waals surface area (Å²) < 4.78 is 0. The molecular weight excluding hydrogens is 186 g/mol. The normalized spacial score (nSPS) is 22.6. The molecule has 1 fully saturated rings. The van der Waals surface area contributed by atoms with Crippen LogP contribution in [0.5, 0.6) is 0 Å². The van der Waals surface area contributed by atoms with Crippen LogP contribution in [0.1, 0.15) is 40.5 Å². The van der Waals surface area contributed by atoms with Gasteiger partial charge in [0.25, 0.3) is 0 Å². The zero-order valence-electron chi connectivity index (χ0n) is 10.7. The smallest absolute Gasteiger partial charge is 0.0592 e. The van der Waals surface area contributed by atoms with Crippen molar-refractivity contribution < 1.29 is 5.11 Å². The van der Waals surface area contributed by atoms with Crippen LogP contribution in [0.3, 0.4) is 0 Å². The first-order valence-corrected chi connectivity index (χ1v) is 6.41. The van der Waals surface area contributed by atoms with Crippen LogP contribution in [0, 0.1) is 17.8 Å². The first-order valence-electron chi connectivity index (χ1n) is 6.41. The van der Waals surface area contributed by atoms with Crippen molar-refractivity contribution in [2.45, 2.75) is 46.6 Å². The number of rotatable bonds is 4. The van der Waals surface area contributed by atoms with Crippen LogP contribution in [0.2, 0.25) is 0 Å². The summed E-state index contributed by atoms with van der Waals surface area (Å²) >= 11 is 0. The lowest BCUT2D eigenvalue weighted by Crippen LogP contribution is -2.40. The molecule has 1 aliphatic heterocycles. The minimum atomic E-state index is -0.0915. The molecule has 0 amide bonds. The molecule has 1 heterocycles. The predicted octanol–water partition coefficient (Wildman–Crippen LogP) is 2.37. The highest BCUT2D eigenvalue weighted by atomic mass is 16.3. The maximum Gasteiger partial charge on any atom is 0.0592 e. The van der Waals surface area contributed by atoms with E-state index in [1.165, 1.54) is 32.5 Å². The summed E-state index contributed by atoms with van der Waals surface area (Å²) in [7, 11) is 0. The van der Waals surface area contributed by atoms with Gasteiger partial charge in [0.1, 0.15) is 0 Å². The van der Waals surface area contributed by atoms with E-state index < -0.39 is 0 Å². The van der Waals surface area contributed by atoms with Crippen molar-refractivity contribution in [1.29, 1.82) is 0 Å². The largest absolute Gasteiger partial charge is 0.393 e. The maximum absolute atomic E-state index is 10.0. The van der Waals surface area contributed by atoms with Crippen molar-refractivity contribution in [3.63, 3.8) is 0 Å². The Hall–Kier alpha value is -0.0800. The van der Waals surface area contributed by atoms with Crippen LogP contribution in [0.15, 0.2) is 0 Å². The third kappa shape index (κ3) is 4.12. The first-order chi connectivity index (χ1) is 7.00. The van der Waals surface area contributed by atoms with Gasteiger partial charge < -0.3 is 10.0 Å². The minimum Gasteiger partial charge on any atom is -0.393 e. The van der Waals surface area contributed by atoms with Gasteiger partial charge in [0.2, 0.25) is 0 Å². The number of likely N-dealkylation sites (tertiary alicyclic amines) is 1. The lowest BCUT2D eigenvalue weighted by molar-refractivity contribution is 0.0265. The van der Waals surface area contributed by atoms with E-state index in [4.69, 9.17) is 0 Å². The molecule has 90 valence electrons. The number of hydrogen-bond donors (Lipinski definition) is 1. The maximum atomic E-state index is 10.0. The van der Waals surface area contributed by atoms with E-state index in [0.717, 1.165) is 5.92 Å². The van der Waals surface area contributed by atoms with E-state index in [1.807, 2.05) is 0 Å². The molecule has 0 aliphatic carbocycles. The summed E-state index contributed by atoms with van der Waals surface area (Å²) in [5.41, 5.74) is 0. The molecule has 1 aliphatic rings. The molecule has 1 N–H and O–H groups in total. The second kappa shape index (κ2) is 5.86. The molecule has 0 spiro atoms. The summed E-state index contributed by atoms with van der Waals surface area (Å²) in [6.07, 6.45) is 2.25. The molecule has 0 saturated carbocycles. The summed E-state index contributed by atoms with van der Waals surface area (Å²) in [6.45, 7) is 12.3. The zero-order chi connectivity index (χ0) is 11.4. The predicted molar refractivity (Wildman–Crippen MR) is 64.8 cm³/mol. The van der Waals surface area contributed by atoms with Gasteiger partial charge in [-0.05, 0) is 43.7 Å². The van der Waals surface area contributed by atoms with Gasteiger partial charge in [0, 0.05) is 6.54 Å². The molecule has 0 aromatic carbocycles. The highest BCUT2D eigenvalue weighted by molar-refractivity contribution is 4.79. The Kier molecular flexibility index (Phi) is 5.07. The van der Waals surface area contributed by atoms with E-state index >= 15 is 0 Å². The summed E-state index contributed by atoms with van der Waals surface area (Å²) in [6, 6.07) is 0. The van der Waals surface area contributed by atoms with E-state index in [1.54, 1.807) is 0 Å². The van der Waals surface area contributed by atoms with Crippen LogP contribution in [-0.4, -0.2) is 35.7 Å². The lowest BCUT2D eigenvalue weighted by Gasteiger charge is -2.36. The summed E-state index contributed by atoms with van der Waals surface area (Å²) in [5, 5.41) is 10.0. The van der Waals surface area contributed by atoms with Crippen LogP contribution >= 0.6 is 0 Å². The minimum absolute atomic E-state index is 0.0915. The Balaban J connectivity index is 2.29. The van der Waals surface area contributed by atoms with Crippen LogP contribution in [0.25, 0.3) is 0 Å². The van der Waals surface area contributed by atoms with Crippen molar-refractivity contribution in [3.8, 4) is 0 Å². The van der Waals surface area contributed by atoms with Crippen molar-refractivity contribution in [1.82, 2.24) is 4.90 Å². The molecule has 15 heavy (non-hydrogen) atoms. The van der Waals surface area contributed by atoms with Gasteiger partial charge in [-0.25, -0.2) is 0 Å². The second-order valence-corrected chi connectivity index (χ2v) is 5.77. The van der Waals surface area contributed by atoms with Crippen molar-refractivity contribution in [2.75, 3.05) is 19.6 Å². The molecule has 1 rings (SSSR count). The van der Waals surface area contributed by atoms with Crippen LogP contribution in [0.4, 0.5) is 0 Å². The standard InChI is InChI=1S/C13H27NO/c1-10(2)9-14-7-5-12(6-8-14)13(15)11(3)4/h10-13,15H,5-9H2,1-4H3. The quantitative estimate of drug-likeness (QED) is 0.775. The topological polar surface area (TPSA) is 23.5 Å². The Morgan fingerprint density at radius 2 is 1.67 bits per heavy atom. The Labute approximate surface area is 94.7 Å². The molecule has 1 unspecified atom stereocenters. The Bertz CT molecular complexity index is 171. The molecule has 0 aromatic rings. The fourth-order valence-corrected chi connectivity index (χ4v) is 2.54. The summed E-state index contributed by atoms with van der Waals surface area (Å²) in [5.74, 6) is 1.71. The molecule has 0 bridgehead atoms. The van der Waals surface area contributed by atoms with E-state index in [-0.39, 0.29) is 6.10 Å². The Morgan fingerprint density at radius 1 is 1.13 bits per heavy atom. The Morgan fingerprint density at radius 3 is 2.07 bits per heavy atom. The monoisotopic (exact) mass is 213 g/mol. The second-order valence-electron chi connectivity index (χ2n) is 5.77. The molecule has 1 atom stereocenters. The number of nitrogens with zero attached hydrogens (tertiary/aromatic N) is 1. The molecular formula is C13H27NO. The third-order valence-electron chi connectivity index (χ3n) is 3.42. The van der Waals surface area contributed by atoms with Gasteiger partial charge in [-0.3, -0.25) is 0 Å². The average Bonchev–Trinajstić information content (AvgIpc) is 2.17. The van der Waals surface area contributed by atoms with Gasteiger partial charge in [-0.2, -0.15) is 0 Å². The van der Waals surface area contributed by atoms with Gasteiger partial charge >= 0.3 is 0 Å². The van der Waals surface area contributed by atoms with Crippen molar-refractivity contribution in [3.05, 3.63) is 0 Å². The van der Waals surface area contributed by atoms with Gasteiger partial charge in [0.05, 0.1) is 6.10 Å². The zero-order valence-corrected chi connectivity index (χ0v) is 10.7. The van der Waals surface area contributed by atoms with E-state index in [9.17, 15) is 5.11 Å². The number of hydrogen-bond acceptors (Lipinski definition) is 2. The fraction of sp³-hybridized carbons (Fsp3) is 1.00. The number of aliphatic hydroxyl groups excluding tert-OH is 1. The van der Waals surface area contributed by atoms with Crippen molar-refractivity contribution in [2.24, 2.45) is 17.8 Å². The number of aliphatic hydroxyl groups is 1. The van der Waals surface area contributed by atoms with Crippen molar-refractivity contribution >= 4 is 0 Å².